The summed E-state index contributed by atoms with van der Waals surface area (Å²) >= 11 is 0. The van der Waals surface area contributed by atoms with Gasteiger partial charge in [-0.05, 0) is 102 Å². The number of aliphatic hydroxyl groups excluding tert-OH is 2. The van der Waals surface area contributed by atoms with E-state index in [4.69, 9.17) is 34.4 Å². The zero-order valence-corrected chi connectivity index (χ0v) is 51.3. The number of hydrogen-bond donors (Lipinski definition) is 18. The average molecular weight is 1230 g/mol. The second-order valence-corrected chi connectivity index (χ2v) is 22.5. The van der Waals surface area contributed by atoms with Crippen molar-refractivity contribution in [2.24, 2.45) is 57.1 Å². The summed E-state index contributed by atoms with van der Waals surface area (Å²) < 4.78 is 0. The van der Waals surface area contributed by atoms with Crippen molar-refractivity contribution in [1.82, 2.24) is 53.2 Å². The number of aliphatic hydroxyl groups is 2. The highest BCUT2D eigenvalue weighted by Crippen LogP contribution is 2.13. The maximum atomic E-state index is 14.4. The number of primary amides is 3. The molecule has 12 amide bonds. The van der Waals surface area contributed by atoms with E-state index in [1.807, 2.05) is 0 Å². The fraction of sp³-hybridized carbons (Fsp3) is 0.661. The van der Waals surface area contributed by atoms with Crippen molar-refractivity contribution >= 4 is 76.8 Å². The predicted molar refractivity (Wildman–Crippen MR) is 322 cm³/mol. The zero-order valence-electron chi connectivity index (χ0n) is 51.3. The molecular formula is C56H97N17O14. The van der Waals surface area contributed by atoms with Crippen LogP contribution in [0.25, 0.3) is 0 Å². The van der Waals surface area contributed by atoms with Crippen LogP contribution in [0.15, 0.2) is 35.3 Å². The number of unbranched alkanes of at least 4 members (excludes halogenated alkanes) is 1. The van der Waals surface area contributed by atoms with E-state index in [2.05, 4.69) is 58.2 Å². The van der Waals surface area contributed by atoms with E-state index < -0.39 is 150 Å². The van der Waals surface area contributed by atoms with Gasteiger partial charge in [0.25, 0.3) is 0 Å². The van der Waals surface area contributed by atoms with Gasteiger partial charge in [0.05, 0.1) is 18.8 Å². The Hall–Kier alpha value is -8.03. The van der Waals surface area contributed by atoms with Crippen LogP contribution in [0.4, 0.5) is 0 Å². The van der Waals surface area contributed by atoms with Crippen LogP contribution in [0.1, 0.15) is 125 Å². The lowest BCUT2D eigenvalue weighted by atomic mass is 10.0. The molecule has 0 spiro atoms. The summed E-state index contributed by atoms with van der Waals surface area (Å²) in [5, 5.41) is 46.8. The number of nitrogens with two attached hydrogens (primary N) is 6. The monoisotopic (exact) mass is 1230 g/mol. The third-order valence-corrected chi connectivity index (χ3v) is 13.5. The number of carbonyl (C=O) groups excluding carboxylic acids is 12. The lowest BCUT2D eigenvalue weighted by Crippen LogP contribution is -2.62. The molecule has 11 atom stereocenters. The van der Waals surface area contributed by atoms with Crippen LogP contribution in [0.2, 0.25) is 0 Å². The van der Waals surface area contributed by atoms with Crippen LogP contribution in [0, 0.1) is 17.8 Å². The number of guanidine groups is 1. The quantitative estimate of drug-likeness (QED) is 0.0165. The number of carbonyl (C=O) groups is 12. The van der Waals surface area contributed by atoms with Gasteiger partial charge >= 0.3 is 0 Å². The zero-order chi connectivity index (χ0) is 66.1. The molecule has 490 valence electrons. The summed E-state index contributed by atoms with van der Waals surface area (Å²) in [5.41, 5.74) is 33.7. The number of nitrogens with zero attached hydrogens (tertiary/aromatic N) is 1. The number of likely N-dealkylation sites (N-methyl/N-ethyl adjacent to an activating group) is 1. The first-order valence-electron chi connectivity index (χ1n) is 29.2. The first kappa shape index (κ1) is 77.0. The van der Waals surface area contributed by atoms with Gasteiger partial charge in [0.2, 0.25) is 70.9 Å². The van der Waals surface area contributed by atoms with Gasteiger partial charge < -0.3 is 97.8 Å². The number of amides is 12. The van der Waals surface area contributed by atoms with Crippen LogP contribution in [-0.4, -0.2) is 180 Å². The first-order valence-corrected chi connectivity index (χ1v) is 29.2. The van der Waals surface area contributed by atoms with Gasteiger partial charge in [0.15, 0.2) is 5.96 Å². The van der Waals surface area contributed by atoms with Gasteiger partial charge in [0, 0.05) is 25.8 Å². The molecule has 0 aliphatic heterocycles. The van der Waals surface area contributed by atoms with Crippen molar-refractivity contribution < 1.29 is 67.7 Å². The van der Waals surface area contributed by atoms with E-state index in [0.717, 1.165) is 0 Å². The largest absolute Gasteiger partial charge is 0.394 e. The van der Waals surface area contributed by atoms with Crippen molar-refractivity contribution in [1.29, 1.82) is 0 Å². The second kappa shape index (κ2) is 40.4. The number of hydrogen-bond acceptors (Lipinski definition) is 17. The van der Waals surface area contributed by atoms with Crippen LogP contribution >= 0.6 is 0 Å². The summed E-state index contributed by atoms with van der Waals surface area (Å²) in [6.45, 7) is 10.9. The molecule has 87 heavy (non-hydrogen) atoms. The van der Waals surface area contributed by atoms with Crippen molar-refractivity contribution in [2.45, 2.75) is 192 Å². The molecule has 1 aromatic carbocycles. The van der Waals surface area contributed by atoms with Gasteiger partial charge in [-0.3, -0.25) is 62.5 Å². The molecule has 0 aliphatic rings. The molecule has 0 saturated heterocycles. The Morgan fingerprint density at radius 1 is 0.471 bits per heavy atom. The fourth-order valence-electron chi connectivity index (χ4n) is 8.90. The predicted octanol–water partition coefficient (Wildman–Crippen LogP) is -5.50. The third-order valence-electron chi connectivity index (χ3n) is 13.5. The molecule has 0 saturated carbocycles. The highest BCUT2D eigenvalue weighted by Gasteiger charge is 2.37. The minimum absolute atomic E-state index is 0.0195. The molecule has 0 bridgehead atoms. The minimum Gasteiger partial charge on any atom is -0.394 e. The van der Waals surface area contributed by atoms with Crippen LogP contribution in [-0.2, 0) is 64.0 Å². The molecule has 0 radical (unpaired) electrons. The Labute approximate surface area is 508 Å². The fourth-order valence-corrected chi connectivity index (χ4v) is 8.90. The second-order valence-electron chi connectivity index (χ2n) is 22.5. The Balaban J connectivity index is 3.67. The number of nitrogens with one attached hydrogen (secondary N) is 10. The van der Waals surface area contributed by atoms with Crippen LogP contribution in [0.5, 0.6) is 0 Å². The maximum Gasteiger partial charge on any atom is 0.245 e. The summed E-state index contributed by atoms with van der Waals surface area (Å²) in [6.07, 6.45) is -2.76. The van der Waals surface area contributed by atoms with Gasteiger partial charge in [-0.15, -0.1) is 0 Å². The first-order chi connectivity index (χ1) is 40.8. The molecule has 31 nitrogen and oxygen atoms in total. The molecule has 0 aromatic heterocycles. The summed E-state index contributed by atoms with van der Waals surface area (Å²) in [4.78, 5) is 166. The molecular weight excluding hydrogens is 1130 g/mol. The molecule has 1 aromatic rings. The molecule has 31 heteroatoms. The average Bonchev–Trinajstić information content (AvgIpc) is 3.60. The van der Waals surface area contributed by atoms with Gasteiger partial charge in [-0.1, -0.05) is 71.9 Å². The van der Waals surface area contributed by atoms with E-state index >= 15 is 0 Å². The number of benzene rings is 1. The third kappa shape index (κ3) is 30.2. The topological polar surface area (TPSA) is 534 Å². The summed E-state index contributed by atoms with van der Waals surface area (Å²) in [6, 6.07) is -5.76. The van der Waals surface area contributed by atoms with E-state index in [1.165, 1.54) is 14.0 Å². The van der Waals surface area contributed by atoms with Crippen molar-refractivity contribution in [3.8, 4) is 0 Å². The van der Waals surface area contributed by atoms with Gasteiger partial charge in [-0.2, -0.15) is 0 Å². The van der Waals surface area contributed by atoms with E-state index in [9.17, 15) is 67.7 Å². The van der Waals surface area contributed by atoms with Crippen LogP contribution in [0.3, 0.4) is 0 Å². The SMILES string of the molecule is CN[C@H](C(=O)N[C@@H](CCC(N)=O)C(=O)N[C@@H](CCC(N)=O)C(=O)N[C@@H](CC(C)C)C(=O)N[C@H](C(=O)N[C@@H](CCCCN)C(=O)N[C@@H](CCCN=C(N)N)C(=O)N[C@@H](Cc1ccccc1)C(=O)N[C@@H](CO)C(=O)N[C@@H](CC(C)C)C(N)=O)[C@@H](C)O)C(C)C. The Morgan fingerprint density at radius 3 is 1.29 bits per heavy atom. The lowest BCUT2D eigenvalue weighted by Gasteiger charge is -2.29. The van der Waals surface area contributed by atoms with E-state index in [1.54, 1.807) is 71.9 Å². The smallest absolute Gasteiger partial charge is 0.245 e. The minimum atomic E-state index is -1.81. The standard InChI is InChI=1S/C56H97N17O14/c1-29(2)25-38(46(60)78)69-53(85)41(28-74)72-51(83)40(27-33-15-10-9-11-16-33)71-48(80)35(18-14-24-64-56(61)62)65-47(79)34(17-12-13-23-57)67-55(87)45(32(7)75)73-52(84)39(26-30(3)4)70-50(82)36(19-21-42(58)76)66-49(81)37(20-22-43(59)77)68-54(86)44(63-8)31(5)6/h9-11,15-16,29-32,34-41,44-45,63,74-75H,12-14,17-28,57H2,1-8H3,(H2,58,76)(H2,59,77)(H2,60,78)(H,65,79)(H,66,81)(H,67,87)(H,68,86)(H,69,85)(H,70,82)(H,71,80)(H,72,83)(H,73,84)(H4,61,62,64)/t32-,34+,35+,36+,37+,38+,39+,40+,41+,44+,45+/m1/s1. The molecule has 24 N–H and O–H groups in total. The van der Waals surface area contributed by atoms with Crippen LogP contribution < -0.4 is 87.6 Å². The molecule has 0 unspecified atom stereocenters. The van der Waals surface area contributed by atoms with Crippen molar-refractivity contribution in [2.75, 3.05) is 26.7 Å². The highest BCUT2D eigenvalue weighted by atomic mass is 16.3. The lowest BCUT2D eigenvalue weighted by molar-refractivity contribution is -0.137. The molecule has 0 fully saturated rings. The van der Waals surface area contributed by atoms with Crippen molar-refractivity contribution in [3.63, 3.8) is 0 Å². The number of aliphatic imine (C=N–C) groups is 1. The van der Waals surface area contributed by atoms with E-state index in [0.29, 0.717) is 12.0 Å². The molecule has 1 rings (SSSR count). The maximum absolute atomic E-state index is 14.4. The van der Waals surface area contributed by atoms with Gasteiger partial charge in [0.1, 0.15) is 54.4 Å². The normalized spacial score (nSPS) is 15.0. The Morgan fingerprint density at radius 2 is 0.862 bits per heavy atom. The Kier molecular flexibility index (Phi) is 35.7. The molecule has 0 heterocycles. The molecule has 0 aliphatic carbocycles. The summed E-state index contributed by atoms with van der Waals surface area (Å²) in [7, 11) is 1.54. The Bertz CT molecular complexity index is 2460. The highest BCUT2D eigenvalue weighted by molar-refractivity contribution is 5.99. The van der Waals surface area contributed by atoms with E-state index in [-0.39, 0.29) is 101 Å². The van der Waals surface area contributed by atoms with Gasteiger partial charge in [-0.25, -0.2) is 0 Å². The van der Waals surface area contributed by atoms with Crippen molar-refractivity contribution in [3.05, 3.63) is 35.9 Å². The summed E-state index contributed by atoms with van der Waals surface area (Å²) in [5.74, 6) is -11.7. The number of rotatable bonds is 43.